The van der Waals surface area contributed by atoms with Crippen molar-refractivity contribution in [2.45, 2.75) is 77.8 Å². The van der Waals surface area contributed by atoms with Crippen molar-refractivity contribution >= 4 is 30.5 Å². The molecule has 14 nitrogen and oxygen atoms in total. The number of nitrogens with one attached hydrogen (secondary N) is 3. The highest BCUT2D eigenvalue weighted by molar-refractivity contribution is 7.60. The van der Waals surface area contributed by atoms with Crippen LogP contribution in [0.5, 0.6) is 0 Å². The summed E-state index contributed by atoms with van der Waals surface area (Å²) in [6.45, 7) is 8.37. The summed E-state index contributed by atoms with van der Waals surface area (Å²) in [5.41, 5.74) is 1.96. The van der Waals surface area contributed by atoms with E-state index in [-0.39, 0.29) is 43.0 Å². The Morgan fingerprint density at radius 3 is 1.94 bits per heavy atom. The Morgan fingerprint density at radius 1 is 0.882 bits per heavy atom. The first-order valence-electron chi connectivity index (χ1n) is 17.1. The highest BCUT2D eigenvalue weighted by Gasteiger charge is 2.36. The molecule has 4 aromatic rings. The lowest BCUT2D eigenvalue weighted by atomic mass is 10.1. The number of nitriles is 1. The van der Waals surface area contributed by atoms with E-state index in [2.05, 4.69) is 31.2 Å². The Balaban J connectivity index is 1.65. The molecule has 0 amide bonds. The number of carbonyl (C=O) groups is 2. The molecule has 0 aliphatic carbocycles. The number of imidazole rings is 1. The van der Waals surface area contributed by atoms with Crippen molar-refractivity contribution in [3.63, 3.8) is 0 Å². The molecule has 0 aliphatic heterocycles. The normalized spacial score (nSPS) is 13.0. The molecular weight excluding hydrogens is 671 g/mol. The van der Waals surface area contributed by atoms with Crippen LogP contribution in [0.1, 0.15) is 45.2 Å². The minimum Gasteiger partial charge on any atom is -0.462 e. The lowest BCUT2D eigenvalue weighted by Gasteiger charge is -2.31. The van der Waals surface area contributed by atoms with Crippen LogP contribution in [0.4, 0.5) is 0 Å². The zero-order chi connectivity index (χ0) is 36.8. The van der Waals surface area contributed by atoms with Gasteiger partial charge < -0.3 is 19.0 Å². The minimum absolute atomic E-state index is 0.0124. The second kappa shape index (κ2) is 19.1. The topological polar surface area (TPSA) is 184 Å². The van der Waals surface area contributed by atoms with Gasteiger partial charge in [-0.1, -0.05) is 60.7 Å². The van der Waals surface area contributed by atoms with E-state index in [0.29, 0.717) is 25.3 Å². The van der Waals surface area contributed by atoms with Crippen LogP contribution in [0.3, 0.4) is 0 Å². The van der Waals surface area contributed by atoms with Crippen molar-refractivity contribution in [3.05, 3.63) is 94.8 Å². The lowest BCUT2D eigenvalue weighted by molar-refractivity contribution is -0.150. The Kier molecular flexibility index (Phi) is 14.6. The van der Waals surface area contributed by atoms with Crippen LogP contribution in [-0.4, -0.2) is 86.4 Å². The van der Waals surface area contributed by atoms with Crippen LogP contribution in [0.15, 0.2) is 78.1 Å². The van der Waals surface area contributed by atoms with E-state index in [0.717, 1.165) is 11.1 Å². The number of aromatic amines is 1. The van der Waals surface area contributed by atoms with Crippen LogP contribution < -0.4 is 15.7 Å². The molecule has 0 spiro atoms. The average Bonchev–Trinajstić information content (AvgIpc) is 3.52. The van der Waals surface area contributed by atoms with Crippen molar-refractivity contribution in [2.24, 2.45) is 0 Å². The molecule has 2 heterocycles. The van der Waals surface area contributed by atoms with E-state index in [4.69, 9.17) is 9.47 Å². The van der Waals surface area contributed by atoms with Crippen molar-refractivity contribution in [3.8, 4) is 6.07 Å². The summed E-state index contributed by atoms with van der Waals surface area (Å²) >= 11 is 0. The summed E-state index contributed by atoms with van der Waals surface area (Å²) in [5.74, 6) is -1.15. The first kappa shape index (κ1) is 39.1. The fraction of sp³-hybridized carbons (Fsp3) is 0.444. The van der Waals surface area contributed by atoms with Gasteiger partial charge in [0, 0.05) is 38.8 Å². The molecule has 0 saturated carbocycles. The van der Waals surface area contributed by atoms with E-state index < -0.39 is 43.7 Å². The molecule has 2 aromatic carbocycles. The number of hydrogen-bond donors (Lipinski definition) is 3. The van der Waals surface area contributed by atoms with Gasteiger partial charge in [-0.05, 0) is 51.7 Å². The lowest BCUT2D eigenvalue weighted by Crippen LogP contribution is -2.48. The maximum Gasteiger partial charge on any atom is 0.324 e. The van der Waals surface area contributed by atoms with Crippen molar-refractivity contribution in [2.75, 3.05) is 25.8 Å². The molecule has 51 heavy (non-hydrogen) atoms. The van der Waals surface area contributed by atoms with Crippen LogP contribution in [-0.2, 0) is 43.0 Å². The third kappa shape index (κ3) is 12.3. The zero-order valence-electron chi connectivity index (χ0n) is 29.5. The number of nitrogens with zero attached hydrogens (tertiary/aromatic N) is 5. The summed E-state index contributed by atoms with van der Waals surface area (Å²) in [7, 11) is -3.82. The van der Waals surface area contributed by atoms with Crippen LogP contribution in [0.25, 0.3) is 11.2 Å². The van der Waals surface area contributed by atoms with Crippen LogP contribution in [0.2, 0.25) is 0 Å². The molecule has 2 aromatic heterocycles. The summed E-state index contributed by atoms with van der Waals surface area (Å²) < 4.78 is 28.2. The average molecular weight is 719 g/mol. The van der Waals surface area contributed by atoms with E-state index in [1.54, 1.807) is 32.3 Å². The molecule has 4 rings (SSSR count). The molecule has 272 valence electrons. The maximum atomic E-state index is 15.2. The Bertz CT molecular complexity index is 1780. The van der Waals surface area contributed by atoms with E-state index in [1.807, 2.05) is 65.6 Å². The van der Waals surface area contributed by atoms with Gasteiger partial charge in [0.2, 0.25) is 7.44 Å². The molecule has 0 saturated heterocycles. The van der Waals surface area contributed by atoms with Gasteiger partial charge in [-0.15, -0.1) is 0 Å². The first-order valence-corrected chi connectivity index (χ1v) is 19.0. The number of ether oxygens (including phenoxy) is 2. The molecule has 0 radical (unpaired) electrons. The van der Waals surface area contributed by atoms with Crippen molar-refractivity contribution < 1.29 is 23.6 Å². The number of fused-ring (bicyclic) bond motifs is 1. The van der Waals surface area contributed by atoms with Gasteiger partial charge in [0.15, 0.2) is 11.2 Å². The maximum absolute atomic E-state index is 15.2. The van der Waals surface area contributed by atoms with Gasteiger partial charge >= 0.3 is 11.9 Å². The second-order valence-electron chi connectivity index (χ2n) is 12.8. The number of esters is 2. The summed E-state index contributed by atoms with van der Waals surface area (Å²) in [5, 5.41) is 15.7. The largest absolute Gasteiger partial charge is 0.462 e. The first-order chi connectivity index (χ1) is 24.5. The number of benzene rings is 2. The molecule has 15 heteroatoms. The quantitative estimate of drug-likeness (QED) is 0.0888. The second-order valence-corrected chi connectivity index (χ2v) is 15.2. The number of hydrogen-bond acceptors (Lipinski definition) is 10. The molecule has 3 N–H and O–H groups in total. The van der Waals surface area contributed by atoms with Gasteiger partial charge in [-0.2, -0.15) is 5.26 Å². The smallest absolute Gasteiger partial charge is 0.324 e. The third-order valence-corrected chi connectivity index (χ3v) is 10.2. The summed E-state index contributed by atoms with van der Waals surface area (Å²) in [4.78, 5) is 52.2. The summed E-state index contributed by atoms with van der Waals surface area (Å²) in [6.07, 6.45) is 2.60. The van der Waals surface area contributed by atoms with E-state index >= 15 is 4.57 Å². The standard InChI is InChI=1S/C36H47N8O6P/c1-26(2)49-35(46)30(22-28-12-7-5-8-13-28)41-51(48,42-31(36(47)50-27(3)4)23-29-14-9-6-10-15-29)21-20-43(17-11-16-37)18-19-44-25-40-32-33(44)38-24-39-34(32)45/h5-10,12-15,24-27,30-31H,11,17-23H2,1-4H3,(H,38,39,45)(H2,41,42,48)/t30-,31-/m0/s1. The fourth-order valence-electron chi connectivity index (χ4n) is 5.49. The Hall–Kier alpha value is -4.67. The fourth-order valence-corrected chi connectivity index (χ4v) is 7.79. The molecule has 0 unspecified atom stereocenters. The van der Waals surface area contributed by atoms with Gasteiger partial charge in [0.25, 0.3) is 5.56 Å². The molecule has 0 aliphatic rings. The van der Waals surface area contributed by atoms with Crippen molar-refractivity contribution in [1.29, 1.82) is 5.26 Å². The predicted octanol–water partition coefficient (Wildman–Crippen LogP) is 3.83. The SMILES string of the molecule is CC(C)OC(=O)[C@H](Cc1ccccc1)NP(=O)(CCN(CCC#N)CCn1cnc2c(=O)[nH]cnc21)N[C@@H](Cc1ccccc1)C(=O)OC(C)C. The summed E-state index contributed by atoms with van der Waals surface area (Å²) in [6, 6.07) is 18.8. The number of H-pyrrole nitrogens is 1. The van der Waals surface area contributed by atoms with Gasteiger partial charge in [-0.3, -0.25) is 23.8 Å². The van der Waals surface area contributed by atoms with Crippen molar-refractivity contribution in [1.82, 2.24) is 34.6 Å². The molecule has 2 atom stereocenters. The van der Waals surface area contributed by atoms with Gasteiger partial charge in [0.05, 0.1) is 30.9 Å². The number of rotatable bonds is 20. The van der Waals surface area contributed by atoms with Gasteiger partial charge in [0.1, 0.15) is 12.1 Å². The molecule has 0 fully saturated rings. The predicted molar refractivity (Wildman–Crippen MR) is 194 cm³/mol. The number of aromatic nitrogens is 4. The van der Waals surface area contributed by atoms with Gasteiger partial charge in [-0.25, -0.2) is 20.1 Å². The van der Waals surface area contributed by atoms with Crippen LogP contribution >= 0.6 is 7.44 Å². The minimum atomic E-state index is -3.82. The van der Waals surface area contributed by atoms with E-state index in [1.165, 1.54) is 12.7 Å². The highest BCUT2D eigenvalue weighted by Crippen LogP contribution is 2.39. The van der Waals surface area contributed by atoms with E-state index in [9.17, 15) is 19.6 Å². The third-order valence-electron chi connectivity index (χ3n) is 7.90. The molecule has 0 bridgehead atoms. The zero-order valence-corrected chi connectivity index (χ0v) is 30.4. The van der Waals surface area contributed by atoms with Crippen LogP contribution in [0, 0.1) is 11.3 Å². The molecular formula is C36H47N8O6P. The Labute approximate surface area is 298 Å². The number of carbonyl (C=O) groups excluding carboxylic acids is 2. The Morgan fingerprint density at radius 2 is 1.43 bits per heavy atom. The monoisotopic (exact) mass is 718 g/mol. The highest BCUT2D eigenvalue weighted by atomic mass is 31.2.